The van der Waals surface area contributed by atoms with Crippen molar-refractivity contribution in [3.05, 3.63) is 29.1 Å². The highest BCUT2D eigenvalue weighted by Gasteiger charge is 2.04. The van der Waals surface area contributed by atoms with Gasteiger partial charge in [0.15, 0.2) is 0 Å². The largest absolute Gasteiger partial charge is 0.508 e. The second kappa shape index (κ2) is 4.24. The smallest absolute Gasteiger partial charge is 0.116 e. The van der Waals surface area contributed by atoms with Crippen molar-refractivity contribution in [2.24, 2.45) is 0 Å². The maximum Gasteiger partial charge on any atom is 0.116 e. The van der Waals surface area contributed by atoms with Gasteiger partial charge in [-0.05, 0) is 34.9 Å². The highest BCUT2D eigenvalue weighted by atomic mass is 32.2. The summed E-state index contributed by atoms with van der Waals surface area (Å²) in [5.74, 6) is 2.54. The molecule has 3 heteroatoms. The SMILES string of the molecule is CCSCc1csc2ccc(O)cc12. The van der Waals surface area contributed by atoms with Gasteiger partial charge in [-0.3, -0.25) is 0 Å². The molecule has 0 fully saturated rings. The van der Waals surface area contributed by atoms with Crippen molar-refractivity contribution < 1.29 is 5.11 Å². The number of phenols is 1. The second-order valence-electron chi connectivity index (χ2n) is 3.08. The average molecular weight is 224 g/mol. The van der Waals surface area contributed by atoms with Gasteiger partial charge in [-0.2, -0.15) is 11.8 Å². The summed E-state index contributed by atoms with van der Waals surface area (Å²) in [6, 6.07) is 5.59. The number of rotatable bonds is 3. The molecule has 1 heterocycles. The lowest BCUT2D eigenvalue weighted by molar-refractivity contribution is 0.476. The Morgan fingerprint density at radius 3 is 3.07 bits per heavy atom. The van der Waals surface area contributed by atoms with Crippen LogP contribution in [0.3, 0.4) is 0 Å². The van der Waals surface area contributed by atoms with Gasteiger partial charge in [-0.1, -0.05) is 6.92 Å². The van der Waals surface area contributed by atoms with Crippen LogP contribution in [-0.4, -0.2) is 10.9 Å². The minimum absolute atomic E-state index is 0.360. The molecule has 1 aromatic carbocycles. The highest BCUT2D eigenvalue weighted by Crippen LogP contribution is 2.31. The second-order valence-corrected chi connectivity index (χ2v) is 5.26. The number of benzene rings is 1. The first-order valence-electron chi connectivity index (χ1n) is 4.58. The molecular weight excluding hydrogens is 212 g/mol. The molecule has 1 aromatic heterocycles. The van der Waals surface area contributed by atoms with E-state index >= 15 is 0 Å². The molecule has 14 heavy (non-hydrogen) atoms. The van der Waals surface area contributed by atoms with Crippen molar-refractivity contribution in [3.8, 4) is 5.75 Å². The number of phenolic OH excluding ortho intramolecular Hbond substituents is 1. The molecule has 0 aliphatic heterocycles. The molecule has 0 aliphatic rings. The van der Waals surface area contributed by atoms with Crippen LogP contribution in [0.1, 0.15) is 12.5 Å². The Hall–Kier alpha value is -0.670. The zero-order chi connectivity index (χ0) is 9.97. The summed E-state index contributed by atoms with van der Waals surface area (Å²) in [5.41, 5.74) is 1.34. The van der Waals surface area contributed by atoms with Crippen LogP contribution in [0.4, 0.5) is 0 Å². The number of thiophene rings is 1. The van der Waals surface area contributed by atoms with Crippen molar-refractivity contribution in [1.29, 1.82) is 0 Å². The normalized spacial score (nSPS) is 10.9. The van der Waals surface area contributed by atoms with Crippen molar-refractivity contribution >= 4 is 33.2 Å². The van der Waals surface area contributed by atoms with E-state index in [0.717, 1.165) is 11.5 Å². The number of hydrogen-bond acceptors (Lipinski definition) is 3. The van der Waals surface area contributed by atoms with E-state index in [0.29, 0.717) is 5.75 Å². The predicted molar refractivity (Wildman–Crippen MR) is 65.3 cm³/mol. The third-order valence-electron chi connectivity index (χ3n) is 2.10. The number of fused-ring (bicyclic) bond motifs is 1. The van der Waals surface area contributed by atoms with Gasteiger partial charge in [0, 0.05) is 15.8 Å². The van der Waals surface area contributed by atoms with Crippen LogP contribution in [0.5, 0.6) is 5.75 Å². The molecule has 2 rings (SSSR count). The van der Waals surface area contributed by atoms with E-state index in [9.17, 15) is 5.11 Å². The Balaban J connectivity index is 2.40. The zero-order valence-corrected chi connectivity index (χ0v) is 9.62. The first kappa shape index (κ1) is 9.87. The van der Waals surface area contributed by atoms with E-state index < -0.39 is 0 Å². The Morgan fingerprint density at radius 2 is 2.29 bits per heavy atom. The molecule has 1 nitrogen and oxygen atoms in total. The monoisotopic (exact) mass is 224 g/mol. The van der Waals surface area contributed by atoms with Crippen LogP contribution in [0.25, 0.3) is 10.1 Å². The van der Waals surface area contributed by atoms with E-state index in [1.54, 1.807) is 17.4 Å². The lowest BCUT2D eigenvalue weighted by Gasteiger charge is -1.98. The standard InChI is InChI=1S/C11H12OS2/c1-2-13-6-8-7-14-11-4-3-9(12)5-10(8)11/h3-5,7,12H,2,6H2,1H3. The topological polar surface area (TPSA) is 20.2 Å². The Kier molecular flexibility index (Phi) is 2.99. The quantitative estimate of drug-likeness (QED) is 0.854. The molecule has 0 saturated carbocycles. The van der Waals surface area contributed by atoms with E-state index in [1.807, 2.05) is 23.9 Å². The van der Waals surface area contributed by atoms with Crippen molar-refractivity contribution in [2.75, 3.05) is 5.75 Å². The molecule has 0 amide bonds. The molecule has 0 atom stereocenters. The maximum absolute atomic E-state index is 9.40. The number of hydrogen-bond donors (Lipinski definition) is 1. The Morgan fingerprint density at radius 1 is 1.43 bits per heavy atom. The van der Waals surface area contributed by atoms with E-state index in [1.165, 1.54) is 15.6 Å². The fourth-order valence-corrected chi connectivity index (χ4v) is 3.11. The summed E-state index contributed by atoms with van der Waals surface area (Å²) in [7, 11) is 0. The van der Waals surface area contributed by atoms with Crippen LogP contribution in [0, 0.1) is 0 Å². The van der Waals surface area contributed by atoms with Crippen molar-refractivity contribution in [2.45, 2.75) is 12.7 Å². The molecule has 0 bridgehead atoms. The molecule has 0 saturated heterocycles. The van der Waals surface area contributed by atoms with Crippen LogP contribution in [0.2, 0.25) is 0 Å². The first-order chi connectivity index (χ1) is 6.81. The van der Waals surface area contributed by atoms with E-state index in [-0.39, 0.29) is 0 Å². The van der Waals surface area contributed by atoms with Gasteiger partial charge in [-0.25, -0.2) is 0 Å². The van der Waals surface area contributed by atoms with Crippen molar-refractivity contribution in [3.63, 3.8) is 0 Å². The van der Waals surface area contributed by atoms with Crippen LogP contribution < -0.4 is 0 Å². The molecule has 0 unspecified atom stereocenters. The molecule has 0 aliphatic carbocycles. The predicted octanol–water partition coefficient (Wildman–Crippen LogP) is 3.86. The summed E-state index contributed by atoms with van der Waals surface area (Å²) in [5, 5.41) is 12.8. The van der Waals surface area contributed by atoms with Gasteiger partial charge < -0.3 is 5.11 Å². The van der Waals surface area contributed by atoms with Crippen LogP contribution in [0.15, 0.2) is 23.6 Å². The summed E-state index contributed by atoms with van der Waals surface area (Å²) >= 11 is 3.66. The minimum Gasteiger partial charge on any atom is -0.508 e. The maximum atomic E-state index is 9.40. The molecule has 2 aromatic rings. The number of aromatic hydroxyl groups is 1. The van der Waals surface area contributed by atoms with Crippen LogP contribution >= 0.6 is 23.1 Å². The number of thioether (sulfide) groups is 1. The van der Waals surface area contributed by atoms with Gasteiger partial charge in [0.2, 0.25) is 0 Å². The highest BCUT2D eigenvalue weighted by molar-refractivity contribution is 7.98. The van der Waals surface area contributed by atoms with Crippen molar-refractivity contribution in [1.82, 2.24) is 0 Å². The summed E-state index contributed by atoms with van der Waals surface area (Å²) in [4.78, 5) is 0. The Bertz CT molecular complexity index is 434. The third kappa shape index (κ3) is 1.88. The van der Waals surface area contributed by atoms with Gasteiger partial charge in [-0.15, -0.1) is 11.3 Å². The lowest BCUT2D eigenvalue weighted by atomic mass is 10.2. The molecule has 0 spiro atoms. The zero-order valence-electron chi connectivity index (χ0n) is 7.99. The fourth-order valence-electron chi connectivity index (χ4n) is 1.39. The fraction of sp³-hybridized carbons (Fsp3) is 0.273. The van der Waals surface area contributed by atoms with Gasteiger partial charge >= 0.3 is 0 Å². The van der Waals surface area contributed by atoms with E-state index in [2.05, 4.69) is 12.3 Å². The summed E-state index contributed by atoms with van der Waals surface area (Å²) in [6.07, 6.45) is 0. The molecule has 74 valence electrons. The van der Waals surface area contributed by atoms with E-state index in [4.69, 9.17) is 0 Å². The first-order valence-corrected chi connectivity index (χ1v) is 6.61. The summed E-state index contributed by atoms with van der Waals surface area (Å²) in [6.45, 7) is 2.16. The van der Waals surface area contributed by atoms with Crippen LogP contribution in [-0.2, 0) is 5.75 Å². The Labute approximate surface area is 91.8 Å². The molecule has 1 N–H and O–H groups in total. The molecular formula is C11H12OS2. The third-order valence-corrected chi connectivity index (χ3v) is 4.03. The average Bonchev–Trinajstić information content (AvgIpc) is 2.57. The van der Waals surface area contributed by atoms with Gasteiger partial charge in [0.1, 0.15) is 5.75 Å². The minimum atomic E-state index is 0.360. The molecule has 0 radical (unpaired) electrons. The lowest BCUT2D eigenvalue weighted by Crippen LogP contribution is -1.77. The van der Waals surface area contributed by atoms with Gasteiger partial charge in [0.05, 0.1) is 0 Å². The van der Waals surface area contributed by atoms with Gasteiger partial charge in [0.25, 0.3) is 0 Å². The summed E-state index contributed by atoms with van der Waals surface area (Å²) < 4.78 is 1.26.